The van der Waals surface area contributed by atoms with Crippen molar-refractivity contribution in [2.24, 2.45) is 0 Å². The van der Waals surface area contributed by atoms with Crippen molar-refractivity contribution in [2.75, 3.05) is 31.6 Å². The monoisotopic (exact) mass is 608 g/mol. The lowest BCUT2D eigenvalue weighted by atomic mass is 9.95. The van der Waals surface area contributed by atoms with Gasteiger partial charge < -0.3 is 20.1 Å². The second kappa shape index (κ2) is 10.7. The highest BCUT2D eigenvalue weighted by atomic mass is 35.5. The van der Waals surface area contributed by atoms with Crippen molar-refractivity contribution in [1.29, 1.82) is 0 Å². The van der Waals surface area contributed by atoms with Crippen LogP contribution in [0.25, 0.3) is 32.9 Å². The largest absolute Gasteiger partial charge is 0.465 e. The van der Waals surface area contributed by atoms with E-state index < -0.39 is 23.6 Å². The SMILES string of the molecule is C[C@@H]1[C@H](Nc2nc(OC[C@@]34CCCN3C[C@H](F)C4)nc3c(F)c(-c4cccc5cccc(Cl)c45)ncc23)CCN1C(=O)O. The summed E-state index contributed by atoms with van der Waals surface area (Å²) in [6, 6.07) is 10.3. The standard InChI is InChI=1S/C31H31ClF2N6O3/c1-17-23(9-12-40(17)30(41)42)36-28-21-14-35-26(20-7-2-5-18-6-3-8-22(32)24(18)20)25(34)27(21)37-29(38-28)43-16-31-10-4-11-39(31)15-19(33)13-31/h2-3,5-8,14,17,19,23H,4,9-13,15-16H2,1H3,(H,41,42)(H,36,37,38)/t17-,19-,23-,31+/m1/s1. The maximum atomic E-state index is 16.5. The Balaban J connectivity index is 1.31. The Bertz CT molecular complexity index is 1740. The molecule has 1 amide bonds. The average molecular weight is 609 g/mol. The highest BCUT2D eigenvalue weighted by Gasteiger charge is 2.49. The molecule has 0 aliphatic carbocycles. The number of benzene rings is 2. The van der Waals surface area contributed by atoms with Gasteiger partial charge in [0.2, 0.25) is 0 Å². The number of nitrogens with one attached hydrogen (secondary N) is 1. The molecule has 2 aromatic heterocycles. The normalized spacial score (nSPS) is 25.5. The Morgan fingerprint density at radius 2 is 2.05 bits per heavy atom. The summed E-state index contributed by atoms with van der Waals surface area (Å²) in [4.78, 5) is 28.8. The second-order valence-electron chi connectivity index (χ2n) is 11.8. The number of halogens is 3. The second-order valence-corrected chi connectivity index (χ2v) is 12.2. The molecule has 3 saturated heterocycles. The van der Waals surface area contributed by atoms with Crippen molar-refractivity contribution in [2.45, 2.75) is 56.4 Å². The molecule has 43 heavy (non-hydrogen) atoms. The minimum absolute atomic E-state index is 0.0119. The fraction of sp³-hybridized carbons (Fsp3) is 0.419. The van der Waals surface area contributed by atoms with E-state index >= 15 is 4.39 Å². The number of alkyl halides is 1. The lowest BCUT2D eigenvalue weighted by Crippen LogP contribution is -2.43. The highest BCUT2D eigenvalue weighted by Crippen LogP contribution is 2.41. The number of nitrogens with zero attached hydrogens (tertiary/aromatic N) is 5. The van der Waals surface area contributed by atoms with Gasteiger partial charge in [0.15, 0.2) is 5.82 Å². The summed E-state index contributed by atoms with van der Waals surface area (Å²) >= 11 is 6.55. The molecular weight excluding hydrogens is 578 g/mol. The zero-order valence-electron chi connectivity index (χ0n) is 23.6. The van der Waals surface area contributed by atoms with Gasteiger partial charge in [-0.2, -0.15) is 9.97 Å². The van der Waals surface area contributed by atoms with Crippen molar-refractivity contribution in [3.05, 3.63) is 53.4 Å². The number of rotatable bonds is 6. The molecule has 12 heteroatoms. The summed E-state index contributed by atoms with van der Waals surface area (Å²) in [5.41, 5.74) is 0.192. The number of hydrogen-bond donors (Lipinski definition) is 2. The summed E-state index contributed by atoms with van der Waals surface area (Å²) in [5, 5.41) is 15.2. The van der Waals surface area contributed by atoms with Crippen LogP contribution in [0, 0.1) is 5.82 Å². The minimum Gasteiger partial charge on any atom is -0.465 e. The first-order valence-electron chi connectivity index (χ1n) is 14.6. The van der Waals surface area contributed by atoms with E-state index in [1.165, 1.54) is 11.1 Å². The summed E-state index contributed by atoms with van der Waals surface area (Å²) in [5.74, 6) is -0.356. The number of hydrogen-bond acceptors (Lipinski definition) is 7. The van der Waals surface area contributed by atoms with Crippen LogP contribution in [0.3, 0.4) is 0 Å². The van der Waals surface area contributed by atoms with Crippen LogP contribution >= 0.6 is 11.6 Å². The van der Waals surface area contributed by atoms with E-state index in [4.69, 9.17) is 16.3 Å². The number of ether oxygens (including phenoxy) is 1. The number of amides is 1. The van der Waals surface area contributed by atoms with Gasteiger partial charge in [0, 0.05) is 47.7 Å². The van der Waals surface area contributed by atoms with E-state index in [-0.39, 0.29) is 35.9 Å². The molecule has 0 radical (unpaired) electrons. The fourth-order valence-electron chi connectivity index (χ4n) is 7.12. The Hall–Kier alpha value is -3.83. The smallest absolute Gasteiger partial charge is 0.407 e. The van der Waals surface area contributed by atoms with E-state index in [0.717, 1.165) is 24.8 Å². The number of likely N-dealkylation sites (tertiary alicyclic amines) is 1. The van der Waals surface area contributed by atoms with Crippen molar-refractivity contribution >= 4 is 45.2 Å². The Morgan fingerprint density at radius 3 is 2.84 bits per heavy atom. The number of carboxylic acid groups (broad SMARTS) is 1. The third kappa shape index (κ3) is 4.78. The zero-order chi connectivity index (χ0) is 29.9. The molecule has 5 heterocycles. The van der Waals surface area contributed by atoms with Crippen molar-refractivity contribution in [3.63, 3.8) is 0 Å². The molecule has 9 nitrogen and oxygen atoms in total. The summed E-state index contributed by atoms with van der Waals surface area (Å²) in [7, 11) is 0. The molecule has 0 spiro atoms. The molecule has 0 saturated carbocycles. The summed E-state index contributed by atoms with van der Waals surface area (Å²) in [6.45, 7) is 3.56. The van der Waals surface area contributed by atoms with Crippen LogP contribution in [0.1, 0.15) is 32.6 Å². The number of aromatic nitrogens is 3. The lowest BCUT2D eigenvalue weighted by molar-refractivity contribution is 0.107. The van der Waals surface area contributed by atoms with Gasteiger partial charge in [0.25, 0.3) is 0 Å². The van der Waals surface area contributed by atoms with E-state index in [1.807, 2.05) is 31.2 Å². The van der Waals surface area contributed by atoms with Crippen LogP contribution in [0.5, 0.6) is 6.01 Å². The molecule has 2 aromatic carbocycles. The third-order valence-corrected chi connectivity index (χ3v) is 9.64. The van der Waals surface area contributed by atoms with Gasteiger partial charge in [-0.25, -0.2) is 13.6 Å². The van der Waals surface area contributed by atoms with Crippen LogP contribution in [-0.4, -0.2) is 86.0 Å². The Morgan fingerprint density at radius 1 is 1.23 bits per heavy atom. The minimum atomic E-state index is -0.998. The predicted octanol–water partition coefficient (Wildman–Crippen LogP) is 6.15. The molecule has 0 bridgehead atoms. The van der Waals surface area contributed by atoms with Crippen LogP contribution in [0.2, 0.25) is 5.02 Å². The van der Waals surface area contributed by atoms with E-state index in [2.05, 4.69) is 25.2 Å². The van der Waals surface area contributed by atoms with Gasteiger partial charge in [-0.3, -0.25) is 9.88 Å². The molecule has 3 fully saturated rings. The third-order valence-electron chi connectivity index (χ3n) is 9.33. The molecule has 0 unspecified atom stereocenters. The zero-order valence-corrected chi connectivity index (χ0v) is 24.3. The molecular formula is C31H31ClF2N6O3. The predicted molar refractivity (Wildman–Crippen MR) is 160 cm³/mol. The van der Waals surface area contributed by atoms with Gasteiger partial charge >= 0.3 is 12.1 Å². The molecule has 4 atom stereocenters. The van der Waals surface area contributed by atoms with E-state index in [0.29, 0.717) is 53.1 Å². The van der Waals surface area contributed by atoms with Crippen molar-refractivity contribution in [1.82, 2.24) is 24.8 Å². The first-order chi connectivity index (χ1) is 20.7. The molecule has 3 aliphatic rings. The highest BCUT2D eigenvalue weighted by molar-refractivity contribution is 6.36. The quantitative estimate of drug-likeness (QED) is 0.269. The number of fused-ring (bicyclic) bond motifs is 3. The van der Waals surface area contributed by atoms with Gasteiger partial charge in [0.1, 0.15) is 29.8 Å². The fourth-order valence-corrected chi connectivity index (χ4v) is 7.40. The average Bonchev–Trinajstić information content (AvgIpc) is 3.64. The maximum Gasteiger partial charge on any atom is 0.407 e. The lowest BCUT2D eigenvalue weighted by Gasteiger charge is -2.31. The molecule has 7 rings (SSSR count). The van der Waals surface area contributed by atoms with Crippen molar-refractivity contribution < 1.29 is 23.4 Å². The Kier molecular flexibility index (Phi) is 6.97. The first kappa shape index (κ1) is 28.0. The van der Waals surface area contributed by atoms with Crippen LogP contribution < -0.4 is 10.1 Å². The Labute approximate surface area is 251 Å². The number of anilines is 1. The number of carbonyl (C=O) groups is 1. The van der Waals surface area contributed by atoms with Gasteiger partial charge in [-0.05, 0) is 44.2 Å². The first-order valence-corrected chi connectivity index (χ1v) is 14.9. The van der Waals surface area contributed by atoms with E-state index in [1.54, 1.807) is 12.1 Å². The number of pyridine rings is 1. The summed E-state index contributed by atoms with van der Waals surface area (Å²) in [6.07, 6.45) is 2.29. The molecule has 4 aromatic rings. The van der Waals surface area contributed by atoms with Gasteiger partial charge in [0.05, 0.1) is 17.0 Å². The molecule has 224 valence electrons. The molecule has 2 N–H and O–H groups in total. The van der Waals surface area contributed by atoms with Gasteiger partial charge in [-0.1, -0.05) is 41.9 Å². The van der Waals surface area contributed by atoms with Gasteiger partial charge in [-0.15, -0.1) is 0 Å². The van der Waals surface area contributed by atoms with E-state index in [9.17, 15) is 14.3 Å². The summed E-state index contributed by atoms with van der Waals surface area (Å²) < 4.78 is 37.1. The molecule has 3 aliphatic heterocycles. The topological polar surface area (TPSA) is 104 Å². The van der Waals surface area contributed by atoms with Crippen LogP contribution in [-0.2, 0) is 0 Å². The maximum absolute atomic E-state index is 16.5. The van der Waals surface area contributed by atoms with Crippen LogP contribution in [0.15, 0.2) is 42.6 Å². The van der Waals surface area contributed by atoms with Crippen LogP contribution in [0.4, 0.5) is 19.4 Å². The van der Waals surface area contributed by atoms with Crippen molar-refractivity contribution in [3.8, 4) is 17.3 Å².